The van der Waals surface area contributed by atoms with Crippen LogP contribution in [0.3, 0.4) is 0 Å². The smallest absolute Gasteiger partial charge is 0.346 e. The van der Waals surface area contributed by atoms with Crippen molar-refractivity contribution in [3.05, 3.63) is 26.7 Å². The Morgan fingerprint density at radius 2 is 0.800 bits per heavy atom. The van der Waals surface area contributed by atoms with Gasteiger partial charge in [-0.25, -0.2) is 0 Å². The SMILES string of the molecule is [CH-]1CCCC1.[CH-]1CCCC1.[CH2-]C.[CH2-]C.[Ti+4]. The van der Waals surface area contributed by atoms with E-state index in [0.717, 1.165) is 0 Å². The van der Waals surface area contributed by atoms with Crippen molar-refractivity contribution >= 4 is 0 Å². The normalized spacial score (nSPS) is 16.8. The van der Waals surface area contributed by atoms with Crippen LogP contribution in [0.5, 0.6) is 0 Å². The Balaban J connectivity index is -0.000000138. The molecule has 2 fully saturated rings. The molecule has 2 saturated carbocycles. The second kappa shape index (κ2) is 24.1. The molecule has 0 saturated heterocycles. The van der Waals surface area contributed by atoms with Crippen molar-refractivity contribution < 1.29 is 21.7 Å². The first-order chi connectivity index (χ1) is 7.00. The third-order valence-corrected chi connectivity index (χ3v) is 2.13. The van der Waals surface area contributed by atoms with Gasteiger partial charge >= 0.3 is 21.7 Å². The Hall–Kier alpha value is 0.714. The fourth-order valence-electron chi connectivity index (χ4n) is 1.44. The monoisotopic (exact) mass is 244 g/mol. The quantitative estimate of drug-likeness (QED) is 0.405. The molecule has 0 aromatic carbocycles. The largest absolute Gasteiger partial charge is 4.00 e. The summed E-state index contributed by atoms with van der Waals surface area (Å²) in [6.07, 6.45) is 16.0. The summed E-state index contributed by atoms with van der Waals surface area (Å²) in [7, 11) is 0. The fraction of sp³-hybridized carbons (Fsp3) is 0.714. The van der Waals surface area contributed by atoms with Crippen molar-refractivity contribution in [2.24, 2.45) is 0 Å². The molecule has 0 N–H and O–H groups in total. The van der Waals surface area contributed by atoms with Crippen molar-refractivity contribution in [2.45, 2.75) is 65.2 Å². The summed E-state index contributed by atoms with van der Waals surface area (Å²) in [5.41, 5.74) is 0. The summed E-state index contributed by atoms with van der Waals surface area (Å²) < 4.78 is 0. The molecule has 15 heavy (non-hydrogen) atoms. The molecule has 2 aliphatic carbocycles. The van der Waals surface area contributed by atoms with Crippen LogP contribution in [0.25, 0.3) is 0 Å². The van der Waals surface area contributed by atoms with E-state index in [1.807, 2.05) is 0 Å². The van der Waals surface area contributed by atoms with E-state index in [1.165, 1.54) is 51.4 Å². The van der Waals surface area contributed by atoms with E-state index in [0.29, 0.717) is 0 Å². The zero-order valence-electron chi connectivity index (χ0n) is 10.7. The van der Waals surface area contributed by atoms with Crippen molar-refractivity contribution in [1.82, 2.24) is 0 Å². The van der Waals surface area contributed by atoms with Crippen LogP contribution in [0, 0.1) is 26.7 Å². The molecule has 0 amide bonds. The van der Waals surface area contributed by atoms with Gasteiger partial charge in [-0.15, -0.1) is 0 Å². The van der Waals surface area contributed by atoms with Crippen LogP contribution in [0.15, 0.2) is 0 Å². The molecule has 0 spiro atoms. The summed E-state index contributed by atoms with van der Waals surface area (Å²) in [5.74, 6) is 0. The van der Waals surface area contributed by atoms with Gasteiger partial charge in [-0.2, -0.15) is 39.5 Å². The molecule has 0 bridgehead atoms. The average Bonchev–Trinajstić information content (AvgIpc) is 3.01. The van der Waals surface area contributed by atoms with Gasteiger partial charge in [0.05, 0.1) is 0 Å². The van der Waals surface area contributed by atoms with E-state index in [1.54, 1.807) is 13.8 Å². The summed E-state index contributed by atoms with van der Waals surface area (Å²) in [5, 5.41) is 0. The van der Waals surface area contributed by atoms with Gasteiger partial charge in [-0.1, -0.05) is 25.7 Å². The van der Waals surface area contributed by atoms with Crippen molar-refractivity contribution in [3.8, 4) is 0 Å². The number of rotatable bonds is 0. The minimum Gasteiger partial charge on any atom is -0.346 e. The summed E-state index contributed by atoms with van der Waals surface area (Å²) >= 11 is 0. The van der Waals surface area contributed by atoms with Gasteiger partial charge in [0.25, 0.3) is 0 Å². The Kier molecular flexibility index (Phi) is 33.8. The average molecular weight is 244 g/mol. The van der Waals surface area contributed by atoms with Gasteiger partial charge in [-0.3, -0.25) is 0 Å². The standard InChI is InChI=1S/2C5H9.2C2H5.Ti/c2*1-2-4-5-3-1;2*1-2;/h2*1H,2-5H2;2*1H2,2H3;/q4*-1;+4. The van der Waals surface area contributed by atoms with Crippen LogP contribution in [-0.2, 0) is 21.7 Å². The van der Waals surface area contributed by atoms with E-state index < -0.39 is 0 Å². The van der Waals surface area contributed by atoms with Gasteiger partial charge < -0.3 is 26.7 Å². The number of hydrogen-bond acceptors (Lipinski definition) is 0. The van der Waals surface area contributed by atoms with Gasteiger partial charge in [0, 0.05) is 0 Å². The zero-order valence-corrected chi connectivity index (χ0v) is 12.3. The predicted molar refractivity (Wildman–Crippen MR) is 67.6 cm³/mol. The van der Waals surface area contributed by atoms with E-state index in [9.17, 15) is 0 Å². The van der Waals surface area contributed by atoms with Crippen LogP contribution < -0.4 is 0 Å². The maximum atomic E-state index is 3.25. The second-order valence-corrected chi connectivity index (χ2v) is 3.15. The summed E-state index contributed by atoms with van der Waals surface area (Å²) in [6.45, 7) is 10.0. The van der Waals surface area contributed by atoms with E-state index in [4.69, 9.17) is 0 Å². The molecule has 2 aliphatic rings. The van der Waals surface area contributed by atoms with Crippen LogP contribution >= 0.6 is 0 Å². The molecule has 0 unspecified atom stereocenters. The Morgan fingerprint density at radius 3 is 0.867 bits per heavy atom. The first kappa shape index (κ1) is 21.0. The Morgan fingerprint density at radius 1 is 0.600 bits per heavy atom. The number of hydrogen-bond donors (Lipinski definition) is 0. The van der Waals surface area contributed by atoms with Crippen molar-refractivity contribution in [3.63, 3.8) is 0 Å². The molecule has 88 valence electrons. The van der Waals surface area contributed by atoms with Gasteiger partial charge in [0.2, 0.25) is 0 Å². The molecular formula is C14H28Ti. The second-order valence-electron chi connectivity index (χ2n) is 3.15. The Bertz CT molecular complexity index is 38.5. The zero-order chi connectivity index (χ0) is 11.1. The maximum absolute atomic E-state index is 3.25. The van der Waals surface area contributed by atoms with Crippen molar-refractivity contribution in [1.29, 1.82) is 0 Å². The van der Waals surface area contributed by atoms with Gasteiger partial charge in [-0.05, 0) is 0 Å². The van der Waals surface area contributed by atoms with Crippen LogP contribution in [0.4, 0.5) is 0 Å². The molecular weight excluding hydrogens is 216 g/mol. The molecule has 0 aromatic heterocycles. The minimum atomic E-state index is 0. The molecule has 0 aliphatic heterocycles. The van der Waals surface area contributed by atoms with E-state index in [-0.39, 0.29) is 21.7 Å². The van der Waals surface area contributed by atoms with E-state index >= 15 is 0 Å². The fourth-order valence-corrected chi connectivity index (χ4v) is 1.44. The van der Waals surface area contributed by atoms with Crippen LogP contribution in [-0.4, -0.2) is 0 Å². The molecule has 2 rings (SSSR count). The predicted octanol–water partition coefficient (Wildman–Crippen LogP) is 5.21. The Labute approximate surface area is 113 Å². The third kappa shape index (κ3) is 20.7. The summed E-state index contributed by atoms with van der Waals surface area (Å²) in [6, 6.07) is 0. The minimum absolute atomic E-state index is 0. The first-order valence-corrected chi connectivity index (χ1v) is 6.05. The molecule has 0 aromatic rings. The van der Waals surface area contributed by atoms with Gasteiger partial charge in [0.15, 0.2) is 0 Å². The van der Waals surface area contributed by atoms with Gasteiger partial charge in [0.1, 0.15) is 0 Å². The van der Waals surface area contributed by atoms with E-state index in [2.05, 4.69) is 26.7 Å². The molecule has 0 atom stereocenters. The van der Waals surface area contributed by atoms with Crippen LogP contribution in [0.1, 0.15) is 65.2 Å². The topological polar surface area (TPSA) is 0 Å². The van der Waals surface area contributed by atoms with Crippen molar-refractivity contribution in [2.75, 3.05) is 0 Å². The molecule has 0 radical (unpaired) electrons. The molecule has 0 heterocycles. The maximum Gasteiger partial charge on any atom is 4.00 e. The summed E-state index contributed by atoms with van der Waals surface area (Å²) in [4.78, 5) is 0. The molecule has 1 heteroatoms. The molecule has 0 nitrogen and oxygen atoms in total. The van der Waals surface area contributed by atoms with Crippen LogP contribution in [0.2, 0.25) is 0 Å². The third-order valence-electron chi connectivity index (χ3n) is 2.13. The first-order valence-electron chi connectivity index (χ1n) is 6.05.